The van der Waals surface area contributed by atoms with E-state index in [1.165, 1.54) is 6.08 Å². The summed E-state index contributed by atoms with van der Waals surface area (Å²) in [6, 6.07) is 0.106. The summed E-state index contributed by atoms with van der Waals surface area (Å²) >= 11 is 0. The van der Waals surface area contributed by atoms with Crippen LogP contribution in [-0.4, -0.2) is 48.0 Å². The number of hydrogen-bond donors (Lipinski definition) is 3. The SMILES string of the molecule is C=C(N)C1C=C(NC[C@H]2C=C(C(F)(F)F)C=CC2O)CC(C)N1C. The van der Waals surface area contributed by atoms with E-state index in [-0.39, 0.29) is 18.6 Å². The highest BCUT2D eigenvalue weighted by Crippen LogP contribution is 2.31. The lowest BCUT2D eigenvalue weighted by atomic mass is 9.92. The molecule has 0 bridgehead atoms. The standard InChI is InChI=1S/C17H24F3N3O/c1-10-6-14(8-15(11(2)21)23(10)3)22-9-12-7-13(17(18,19)20)4-5-16(12)24/h4-5,7-8,10,12,15-16,22,24H,2,6,9,21H2,1,3H3/t10?,12-,15?,16?/m1/s1. The molecule has 0 radical (unpaired) electrons. The Kier molecular flexibility index (Phi) is 5.45. The van der Waals surface area contributed by atoms with Gasteiger partial charge in [0.1, 0.15) is 0 Å². The Morgan fingerprint density at radius 2 is 2.12 bits per heavy atom. The first-order valence-corrected chi connectivity index (χ1v) is 7.85. The van der Waals surface area contributed by atoms with Gasteiger partial charge in [-0.1, -0.05) is 24.8 Å². The second-order valence-electron chi connectivity index (χ2n) is 6.44. The first kappa shape index (κ1) is 18.6. The largest absolute Gasteiger partial charge is 0.416 e. The molecule has 0 aromatic rings. The van der Waals surface area contributed by atoms with E-state index in [0.717, 1.165) is 24.3 Å². The number of halogens is 3. The molecule has 0 aromatic carbocycles. The number of nitrogens with one attached hydrogen (secondary N) is 1. The number of alkyl halides is 3. The smallest absolute Gasteiger partial charge is 0.401 e. The van der Waals surface area contributed by atoms with Gasteiger partial charge in [0.2, 0.25) is 0 Å². The Morgan fingerprint density at radius 1 is 1.46 bits per heavy atom. The third-order valence-electron chi connectivity index (χ3n) is 4.59. The Balaban J connectivity index is 2.07. The van der Waals surface area contributed by atoms with E-state index in [0.29, 0.717) is 5.70 Å². The zero-order valence-corrected chi connectivity index (χ0v) is 13.8. The van der Waals surface area contributed by atoms with Gasteiger partial charge in [0.25, 0.3) is 0 Å². The van der Waals surface area contributed by atoms with Crippen LogP contribution in [0.3, 0.4) is 0 Å². The Morgan fingerprint density at radius 3 is 2.71 bits per heavy atom. The van der Waals surface area contributed by atoms with Crippen molar-refractivity contribution >= 4 is 0 Å². The molecule has 4 N–H and O–H groups in total. The average molecular weight is 343 g/mol. The fourth-order valence-electron chi connectivity index (χ4n) is 2.96. The van der Waals surface area contributed by atoms with E-state index in [4.69, 9.17) is 5.73 Å². The number of nitrogens with zero attached hydrogens (tertiary/aromatic N) is 1. The topological polar surface area (TPSA) is 61.5 Å². The van der Waals surface area contributed by atoms with Crippen LogP contribution in [0.4, 0.5) is 13.2 Å². The molecule has 0 amide bonds. The number of rotatable bonds is 4. The highest BCUT2D eigenvalue weighted by molar-refractivity contribution is 5.31. The van der Waals surface area contributed by atoms with Crippen LogP contribution in [0.1, 0.15) is 13.3 Å². The molecule has 3 unspecified atom stereocenters. The Labute approximate surface area is 140 Å². The Hall–Kier alpha value is -1.73. The lowest BCUT2D eigenvalue weighted by molar-refractivity contribution is -0.0893. The van der Waals surface area contributed by atoms with Crippen molar-refractivity contribution in [1.82, 2.24) is 10.2 Å². The predicted octanol–water partition coefficient (Wildman–Crippen LogP) is 2.06. The van der Waals surface area contributed by atoms with E-state index >= 15 is 0 Å². The minimum atomic E-state index is -4.40. The molecule has 2 rings (SSSR count). The van der Waals surface area contributed by atoms with Crippen LogP contribution < -0.4 is 11.1 Å². The number of aliphatic hydroxyl groups is 1. The molecule has 7 heteroatoms. The van der Waals surface area contributed by atoms with Gasteiger partial charge in [0, 0.05) is 36.3 Å². The lowest BCUT2D eigenvalue weighted by Crippen LogP contribution is -2.45. The first-order valence-electron chi connectivity index (χ1n) is 7.85. The second-order valence-corrected chi connectivity index (χ2v) is 6.44. The fraction of sp³-hybridized carbons (Fsp3) is 0.529. The van der Waals surface area contributed by atoms with Crippen molar-refractivity contribution in [3.05, 3.63) is 47.9 Å². The molecule has 24 heavy (non-hydrogen) atoms. The van der Waals surface area contributed by atoms with Crippen molar-refractivity contribution in [2.75, 3.05) is 13.6 Å². The van der Waals surface area contributed by atoms with E-state index < -0.39 is 23.8 Å². The molecule has 0 aromatic heterocycles. The van der Waals surface area contributed by atoms with Gasteiger partial charge in [0.15, 0.2) is 0 Å². The first-order chi connectivity index (χ1) is 11.1. The third-order valence-corrected chi connectivity index (χ3v) is 4.59. The zero-order valence-electron chi connectivity index (χ0n) is 13.8. The summed E-state index contributed by atoms with van der Waals surface area (Å²) in [5.41, 5.74) is 6.51. The maximum Gasteiger partial charge on any atom is 0.416 e. The van der Waals surface area contributed by atoms with Gasteiger partial charge in [-0.25, -0.2) is 0 Å². The summed E-state index contributed by atoms with van der Waals surface area (Å²) in [5.74, 6) is -0.637. The number of nitrogens with two attached hydrogens (primary N) is 1. The summed E-state index contributed by atoms with van der Waals surface area (Å²) in [6.45, 7) is 6.04. The summed E-state index contributed by atoms with van der Waals surface area (Å²) in [6.07, 6.45) is 0.511. The number of hydrogen-bond acceptors (Lipinski definition) is 4. The van der Waals surface area contributed by atoms with Crippen LogP contribution >= 0.6 is 0 Å². The average Bonchev–Trinajstić information content (AvgIpc) is 2.48. The molecule has 4 nitrogen and oxygen atoms in total. The van der Waals surface area contributed by atoms with Gasteiger partial charge in [-0.3, -0.25) is 4.90 Å². The maximum absolute atomic E-state index is 12.8. The van der Waals surface area contributed by atoms with Crippen molar-refractivity contribution < 1.29 is 18.3 Å². The van der Waals surface area contributed by atoms with Gasteiger partial charge in [-0.2, -0.15) is 13.2 Å². The highest BCUT2D eigenvalue weighted by atomic mass is 19.4. The van der Waals surface area contributed by atoms with Crippen LogP contribution in [-0.2, 0) is 0 Å². The van der Waals surface area contributed by atoms with Gasteiger partial charge in [-0.05, 0) is 20.0 Å². The van der Waals surface area contributed by atoms with Crippen LogP contribution in [0.5, 0.6) is 0 Å². The summed E-state index contributed by atoms with van der Waals surface area (Å²) in [5, 5.41) is 13.1. The third kappa shape index (κ3) is 4.21. The second kappa shape index (κ2) is 7.03. The molecule has 0 saturated carbocycles. The van der Waals surface area contributed by atoms with Crippen molar-refractivity contribution in [2.24, 2.45) is 11.7 Å². The van der Waals surface area contributed by atoms with Crippen molar-refractivity contribution in [3.63, 3.8) is 0 Å². The summed E-state index contributed by atoms with van der Waals surface area (Å²) in [4.78, 5) is 2.09. The molecule has 4 atom stereocenters. The predicted molar refractivity (Wildman–Crippen MR) is 87.8 cm³/mol. The number of aliphatic hydroxyl groups excluding tert-OH is 1. The normalized spacial score (nSPS) is 31.4. The van der Waals surface area contributed by atoms with Crippen LogP contribution in [0.2, 0.25) is 0 Å². The van der Waals surface area contributed by atoms with Crippen LogP contribution in [0, 0.1) is 5.92 Å². The summed E-state index contributed by atoms with van der Waals surface area (Å²) in [7, 11) is 1.95. The number of allylic oxidation sites excluding steroid dienone is 2. The molecule has 1 heterocycles. The van der Waals surface area contributed by atoms with E-state index in [1.54, 1.807) is 0 Å². The fourth-order valence-corrected chi connectivity index (χ4v) is 2.96. The maximum atomic E-state index is 12.8. The number of likely N-dealkylation sites (N-methyl/N-ethyl adjacent to an activating group) is 1. The van der Waals surface area contributed by atoms with E-state index in [1.807, 2.05) is 20.0 Å². The minimum Gasteiger partial charge on any atom is -0.401 e. The summed E-state index contributed by atoms with van der Waals surface area (Å²) < 4.78 is 38.4. The molecule has 2 aliphatic rings. The molecule has 1 aliphatic carbocycles. The molecule has 134 valence electrons. The van der Waals surface area contributed by atoms with Gasteiger partial charge in [-0.15, -0.1) is 0 Å². The van der Waals surface area contributed by atoms with Crippen molar-refractivity contribution in [2.45, 2.75) is 37.7 Å². The monoisotopic (exact) mass is 343 g/mol. The van der Waals surface area contributed by atoms with E-state index in [9.17, 15) is 18.3 Å². The zero-order chi connectivity index (χ0) is 18.1. The molecule has 0 saturated heterocycles. The minimum absolute atomic E-state index is 0.117. The van der Waals surface area contributed by atoms with Crippen LogP contribution in [0.15, 0.2) is 47.9 Å². The molecule has 0 spiro atoms. The lowest BCUT2D eigenvalue weighted by Gasteiger charge is -2.37. The molecule has 0 fully saturated rings. The van der Waals surface area contributed by atoms with Crippen LogP contribution in [0.25, 0.3) is 0 Å². The van der Waals surface area contributed by atoms with Crippen molar-refractivity contribution in [3.8, 4) is 0 Å². The van der Waals surface area contributed by atoms with Crippen molar-refractivity contribution in [1.29, 1.82) is 0 Å². The van der Waals surface area contributed by atoms with Gasteiger partial charge >= 0.3 is 6.18 Å². The molecular weight excluding hydrogens is 319 g/mol. The quantitative estimate of drug-likeness (QED) is 0.731. The van der Waals surface area contributed by atoms with Gasteiger partial charge < -0.3 is 16.2 Å². The Bertz CT molecular complexity index is 580. The highest BCUT2D eigenvalue weighted by Gasteiger charge is 2.35. The van der Waals surface area contributed by atoms with E-state index in [2.05, 4.69) is 16.8 Å². The van der Waals surface area contributed by atoms with Gasteiger partial charge in [0.05, 0.1) is 17.7 Å². The molecular formula is C17H24F3N3O. The molecule has 1 aliphatic heterocycles.